The minimum absolute atomic E-state index is 0.0412. The van der Waals surface area contributed by atoms with E-state index >= 15 is 0 Å². The second-order valence-corrected chi connectivity index (χ2v) is 5.50. The number of ether oxygens (including phenoxy) is 1. The van der Waals surface area contributed by atoms with Crippen LogP contribution in [0.25, 0.3) is 0 Å². The Bertz CT molecular complexity index is 351. The summed E-state index contributed by atoms with van der Waals surface area (Å²) in [6.07, 6.45) is 3.01. The Morgan fingerprint density at radius 1 is 1.32 bits per heavy atom. The molecule has 0 aromatic carbocycles. The maximum Gasteiger partial charge on any atom is 0.325 e. The molecule has 1 aliphatic rings. The third kappa shape index (κ3) is 4.69. The molecule has 1 N–H and O–H groups in total. The largest absolute Gasteiger partial charge is 0.465 e. The zero-order valence-electron chi connectivity index (χ0n) is 12.2. The summed E-state index contributed by atoms with van der Waals surface area (Å²) in [5, 5.41) is 2.69. The Hall–Kier alpha value is -1.32. The maximum atomic E-state index is 12.2. The molecule has 4 nitrogen and oxygen atoms in total. The first-order valence-electron chi connectivity index (χ1n) is 7.04. The predicted molar refractivity (Wildman–Crippen MR) is 74.5 cm³/mol. The number of amides is 1. The molecule has 108 valence electrons. The topological polar surface area (TPSA) is 55.4 Å². The van der Waals surface area contributed by atoms with E-state index in [2.05, 4.69) is 18.8 Å². The van der Waals surface area contributed by atoms with E-state index in [0.29, 0.717) is 12.5 Å². The summed E-state index contributed by atoms with van der Waals surface area (Å²) in [4.78, 5) is 23.5. The fourth-order valence-electron chi connectivity index (χ4n) is 2.76. The number of nitrogens with one attached hydrogen (secondary N) is 1. The van der Waals surface area contributed by atoms with Gasteiger partial charge in [0.25, 0.3) is 0 Å². The molecule has 1 saturated carbocycles. The standard InChI is InChI=1S/C15H25NO3/c1-5-19-14(17)9-16-15(18)13-8-11(4)6-7-12(13)10(2)3/h11-13H,2,5-9H2,1,3-4H3,(H,16,18). The summed E-state index contributed by atoms with van der Waals surface area (Å²) in [5.41, 5.74) is 1.06. The Kier molecular flexibility index (Phi) is 6.06. The van der Waals surface area contributed by atoms with Gasteiger partial charge in [-0.2, -0.15) is 0 Å². The fraction of sp³-hybridized carbons (Fsp3) is 0.733. The van der Waals surface area contributed by atoms with Crippen LogP contribution in [0, 0.1) is 17.8 Å². The third-order valence-electron chi connectivity index (χ3n) is 3.79. The van der Waals surface area contributed by atoms with Gasteiger partial charge >= 0.3 is 5.97 Å². The summed E-state index contributed by atoms with van der Waals surface area (Å²) < 4.78 is 4.80. The Morgan fingerprint density at radius 3 is 2.58 bits per heavy atom. The van der Waals surface area contributed by atoms with Crippen molar-refractivity contribution in [1.29, 1.82) is 0 Å². The second kappa shape index (κ2) is 7.31. The summed E-state index contributed by atoms with van der Waals surface area (Å²) in [6.45, 7) is 10.2. The predicted octanol–water partition coefficient (Wildman–Crippen LogP) is 2.29. The zero-order chi connectivity index (χ0) is 14.4. The minimum atomic E-state index is -0.383. The van der Waals surface area contributed by atoms with Crippen molar-refractivity contribution in [1.82, 2.24) is 5.32 Å². The first kappa shape index (κ1) is 15.7. The average molecular weight is 267 g/mol. The lowest BCUT2D eigenvalue weighted by Gasteiger charge is -2.34. The van der Waals surface area contributed by atoms with Crippen molar-refractivity contribution in [2.24, 2.45) is 17.8 Å². The van der Waals surface area contributed by atoms with Gasteiger partial charge in [-0.15, -0.1) is 0 Å². The molecule has 0 aromatic rings. The molecule has 0 bridgehead atoms. The Labute approximate surface area is 115 Å². The zero-order valence-corrected chi connectivity index (χ0v) is 12.2. The van der Waals surface area contributed by atoms with Gasteiger partial charge in [-0.1, -0.05) is 25.5 Å². The van der Waals surface area contributed by atoms with Crippen LogP contribution in [0.1, 0.15) is 40.0 Å². The van der Waals surface area contributed by atoms with Crippen molar-refractivity contribution in [2.75, 3.05) is 13.2 Å². The van der Waals surface area contributed by atoms with Crippen LogP contribution in [0.5, 0.6) is 0 Å². The molecule has 1 fully saturated rings. The molecular weight excluding hydrogens is 242 g/mol. The molecule has 1 amide bonds. The van der Waals surface area contributed by atoms with E-state index in [-0.39, 0.29) is 30.3 Å². The van der Waals surface area contributed by atoms with Gasteiger partial charge < -0.3 is 10.1 Å². The number of carbonyl (C=O) groups excluding carboxylic acids is 2. The highest BCUT2D eigenvalue weighted by Crippen LogP contribution is 2.37. The number of esters is 1. The summed E-state index contributed by atoms with van der Waals surface area (Å²) in [5.74, 6) is 0.294. The van der Waals surface area contributed by atoms with Crippen LogP contribution in [0.15, 0.2) is 12.2 Å². The molecule has 0 heterocycles. The van der Waals surface area contributed by atoms with Crippen LogP contribution < -0.4 is 5.32 Å². The first-order valence-corrected chi connectivity index (χ1v) is 7.04. The van der Waals surface area contributed by atoms with Gasteiger partial charge in [-0.05, 0) is 38.5 Å². The van der Waals surface area contributed by atoms with Crippen LogP contribution in [0.3, 0.4) is 0 Å². The molecule has 0 aromatic heterocycles. The summed E-state index contributed by atoms with van der Waals surface area (Å²) in [6, 6.07) is 0. The number of allylic oxidation sites excluding steroid dienone is 1. The third-order valence-corrected chi connectivity index (χ3v) is 3.79. The lowest BCUT2D eigenvalue weighted by atomic mass is 9.71. The van der Waals surface area contributed by atoms with Gasteiger partial charge in [0.2, 0.25) is 5.91 Å². The van der Waals surface area contributed by atoms with E-state index < -0.39 is 0 Å². The summed E-state index contributed by atoms with van der Waals surface area (Å²) >= 11 is 0. The number of rotatable bonds is 5. The van der Waals surface area contributed by atoms with Crippen molar-refractivity contribution in [3.05, 3.63) is 12.2 Å². The van der Waals surface area contributed by atoms with Gasteiger partial charge in [-0.25, -0.2) is 0 Å². The molecule has 19 heavy (non-hydrogen) atoms. The molecule has 1 rings (SSSR count). The highest BCUT2D eigenvalue weighted by molar-refractivity contribution is 5.84. The summed E-state index contributed by atoms with van der Waals surface area (Å²) in [7, 11) is 0. The van der Waals surface area contributed by atoms with Crippen LogP contribution >= 0.6 is 0 Å². The average Bonchev–Trinajstić information content (AvgIpc) is 2.35. The smallest absolute Gasteiger partial charge is 0.325 e. The van der Waals surface area contributed by atoms with Gasteiger partial charge in [-0.3, -0.25) is 9.59 Å². The van der Waals surface area contributed by atoms with Crippen LogP contribution in [0.4, 0.5) is 0 Å². The molecule has 0 radical (unpaired) electrons. The second-order valence-electron chi connectivity index (χ2n) is 5.50. The molecule has 0 aliphatic heterocycles. The quantitative estimate of drug-likeness (QED) is 0.614. The van der Waals surface area contributed by atoms with E-state index in [1.165, 1.54) is 0 Å². The van der Waals surface area contributed by atoms with Crippen LogP contribution in [-0.4, -0.2) is 25.0 Å². The van der Waals surface area contributed by atoms with E-state index in [0.717, 1.165) is 24.8 Å². The molecule has 0 spiro atoms. The van der Waals surface area contributed by atoms with Gasteiger partial charge in [0.1, 0.15) is 6.54 Å². The van der Waals surface area contributed by atoms with Crippen LogP contribution in [0.2, 0.25) is 0 Å². The lowest BCUT2D eigenvalue weighted by Crippen LogP contribution is -2.41. The molecule has 1 aliphatic carbocycles. The van der Waals surface area contributed by atoms with Crippen molar-refractivity contribution in [3.8, 4) is 0 Å². The van der Waals surface area contributed by atoms with E-state index in [1.54, 1.807) is 6.92 Å². The van der Waals surface area contributed by atoms with Gasteiger partial charge in [0.15, 0.2) is 0 Å². The van der Waals surface area contributed by atoms with E-state index in [1.807, 2.05) is 6.92 Å². The maximum absolute atomic E-state index is 12.2. The van der Waals surface area contributed by atoms with Crippen LogP contribution in [-0.2, 0) is 14.3 Å². The first-order chi connectivity index (χ1) is 8.95. The molecule has 4 heteroatoms. The monoisotopic (exact) mass is 267 g/mol. The molecule has 3 unspecified atom stereocenters. The molecular formula is C15H25NO3. The van der Waals surface area contributed by atoms with Crippen molar-refractivity contribution in [2.45, 2.75) is 40.0 Å². The SMILES string of the molecule is C=C(C)C1CCC(C)CC1C(=O)NCC(=O)OCC. The number of carbonyl (C=O) groups is 2. The highest BCUT2D eigenvalue weighted by Gasteiger charge is 2.34. The Morgan fingerprint density at radius 2 is 2.00 bits per heavy atom. The van der Waals surface area contributed by atoms with E-state index in [9.17, 15) is 9.59 Å². The lowest BCUT2D eigenvalue weighted by molar-refractivity contribution is -0.144. The number of hydrogen-bond acceptors (Lipinski definition) is 3. The van der Waals surface area contributed by atoms with Gasteiger partial charge in [0.05, 0.1) is 6.61 Å². The normalized spacial score (nSPS) is 26.6. The molecule has 0 saturated heterocycles. The fourth-order valence-corrected chi connectivity index (χ4v) is 2.76. The van der Waals surface area contributed by atoms with Crippen molar-refractivity contribution in [3.63, 3.8) is 0 Å². The minimum Gasteiger partial charge on any atom is -0.465 e. The van der Waals surface area contributed by atoms with Crippen molar-refractivity contribution < 1.29 is 14.3 Å². The number of hydrogen-bond donors (Lipinski definition) is 1. The molecule has 3 atom stereocenters. The van der Waals surface area contributed by atoms with Gasteiger partial charge in [0, 0.05) is 5.92 Å². The van der Waals surface area contributed by atoms with Crippen molar-refractivity contribution >= 4 is 11.9 Å². The Balaban J connectivity index is 2.56. The highest BCUT2D eigenvalue weighted by atomic mass is 16.5. The van der Waals surface area contributed by atoms with E-state index in [4.69, 9.17) is 4.74 Å².